The van der Waals surface area contributed by atoms with Gasteiger partial charge < -0.3 is 0 Å². The fraction of sp³-hybridized carbons (Fsp3) is 1.00. The Labute approximate surface area is 66.7 Å². The summed E-state index contributed by atoms with van der Waals surface area (Å²) in [5.41, 5.74) is 0. The third-order valence-electron chi connectivity index (χ3n) is 0.871. The minimum Gasteiger partial charge on any atom is -0.286 e. The van der Waals surface area contributed by atoms with E-state index in [9.17, 15) is 13.0 Å². The van der Waals surface area contributed by atoms with Gasteiger partial charge >= 0.3 is 7.80 Å². The maximum atomic E-state index is 10.4. The molecule has 0 aromatic rings. The molecule has 0 aromatic heterocycles. The van der Waals surface area contributed by atoms with Gasteiger partial charge in [-0.05, 0) is 0 Å². The van der Waals surface area contributed by atoms with Crippen molar-refractivity contribution >= 4 is 17.9 Å². The molecule has 5 nitrogen and oxygen atoms in total. The number of nitrogens with one attached hydrogen (secondary N) is 1. The van der Waals surface area contributed by atoms with Gasteiger partial charge in [-0.3, -0.25) is 9.87 Å². The Morgan fingerprint density at radius 2 is 2.09 bits per heavy atom. The Balaban J connectivity index is 3.37. The highest BCUT2D eigenvalue weighted by atomic mass is 32.2. The van der Waals surface area contributed by atoms with E-state index >= 15 is 0 Å². The zero-order valence-electron chi connectivity index (χ0n) is 6.15. The van der Waals surface area contributed by atoms with Crippen molar-refractivity contribution in [3.63, 3.8) is 0 Å². The molecular weight excluding hydrogens is 189 g/mol. The van der Waals surface area contributed by atoms with Crippen molar-refractivity contribution in [3.05, 3.63) is 0 Å². The number of hydrogen-bond donors (Lipinski definition) is 2. The number of rotatable bonds is 5. The van der Waals surface area contributed by atoms with E-state index in [0.29, 0.717) is 0 Å². The van der Waals surface area contributed by atoms with Gasteiger partial charge in [-0.15, -0.1) is 0 Å². The van der Waals surface area contributed by atoms with Gasteiger partial charge in [-0.2, -0.15) is 8.42 Å². The van der Waals surface area contributed by atoms with Crippen molar-refractivity contribution in [1.82, 2.24) is 5.32 Å². The summed E-state index contributed by atoms with van der Waals surface area (Å²) >= 11 is 0. The first-order valence-corrected chi connectivity index (χ1v) is 6.46. The summed E-state index contributed by atoms with van der Waals surface area (Å²) in [6.45, 7) is 1.67. The Kier molecular flexibility index (Phi) is 4.76. The van der Waals surface area contributed by atoms with Crippen molar-refractivity contribution in [2.75, 3.05) is 25.2 Å². The van der Waals surface area contributed by atoms with E-state index in [1.54, 1.807) is 0 Å². The van der Waals surface area contributed by atoms with E-state index in [1.165, 1.54) is 6.66 Å². The average molecular weight is 200 g/mol. The normalized spacial score (nSPS) is 13.1. The van der Waals surface area contributed by atoms with Crippen molar-refractivity contribution in [1.29, 1.82) is 0 Å². The molecule has 0 bridgehead atoms. The third kappa shape index (κ3) is 9.97. The van der Waals surface area contributed by atoms with Crippen LogP contribution >= 0.6 is 7.80 Å². The smallest absolute Gasteiger partial charge is 0.286 e. The lowest BCUT2D eigenvalue weighted by atomic mass is 10.8. The lowest BCUT2D eigenvalue weighted by Crippen LogP contribution is -2.21. The fourth-order valence-electron chi connectivity index (χ4n) is 0.438. The molecule has 0 amide bonds. The summed E-state index contributed by atoms with van der Waals surface area (Å²) in [6, 6.07) is 0. The van der Waals surface area contributed by atoms with Gasteiger partial charge in [0.15, 0.2) is 6.29 Å². The Morgan fingerprint density at radius 3 is 2.45 bits per heavy atom. The molecule has 0 aromatic carbocycles. The largest absolute Gasteiger partial charge is 0.350 e. The second-order valence-electron chi connectivity index (χ2n) is 2.07. The lowest BCUT2D eigenvalue weighted by molar-refractivity contribution is 0.481. The maximum absolute atomic E-state index is 10.4. The van der Waals surface area contributed by atoms with Gasteiger partial charge in [-0.1, -0.05) is 4.57 Å². The predicted octanol–water partition coefficient (Wildman–Crippen LogP) is -0.121. The van der Waals surface area contributed by atoms with E-state index < -0.39 is 17.9 Å². The van der Waals surface area contributed by atoms with Crippen molar-refractivity contribution in [3.8, 4) is 0 Å². The molecule has 0 spiro atoms. The first-order chi connectivity index (χ1) is 4.92. The van der Waals surface area contributed by atoms with Crippen LogP contribution in [0.5, 0.6) is 0 Å². The molecule has 0 aliphatic carbocycles. The van der Waals surface area contributed by atoms with E-state index in [0.717, 1.165) is 0 Å². The van der Waals surface area contributed by atoms with Crippen LogP contribution < -0.4 is 5.32 Å². The molecule has 0 saturated carbocycles. The van der Waals surface area contributed by atoms with E-state index in [4.69, 9.17) is 4.55 Å². The molecule has 2 N–H and O–H groups in total. The lowest BCUT2D eigenvalue weighted by Gasteiger charge is -1.94. The van der Waals surface area contributed by atoms with Crippen LogP contribution in [0.15, 0.2) is 0 Å². The minimum atomic E-state index is -3.88. The molecule has 0 rings (SSSR count). The fourth-order valence-corrected chi connectivity index (χ4v) is 1.31. The van der Waals surface area contributed by atoms with E-state index in [-0.39, 0.29) is 18.6 Å². The highest BCUT2D eigenvalue weighted by Crippen LogP contribution is 2.08. The van der Waals surface area contributed by atoms with Crippen LogP contribution in [0.1, 0.15) is 0 Å². The van der Waals surface area contributed by atoms with Crippen LogP contribution in [0, 0.1) is 0 Å². The zero-order chi connectivity index (χ0) is 8.91. The summed E-state index contributed by atoms with van der Waals surface area (Å²) < 4.78 is 38.9. The Morgan fingerprint density at radius 1 is 1.55 bits per heavy atom. The summed E-state index contributed by atoms with van der Waals surface area (Å²) in [7, 11) is -5.16. The molecule has 0 radical (unpaired) electrons. The summed E-state index contributed by atoms with van der Waals surface area (Å²) in [5, 5.41) is 2.62. The topological polar surface area (TPSA) is 83.5 Å². The van der Waals surface area contributed by atoms with Crippen LogP contribution in [0.2, 0.25) is 0 Å². The Bertz CT molecular complexity index is 224. The maximum Gasteiger partial charge on any atom is 0.350 e. The highest BCUT2D eigenvalue weighted by molar-refractivity contribution is 7.85. The standard InChI is InChI=1S/C4H10NO4PS/c1-10(6)4-5-2-3-11(7,8)9/h5H,2-4H2,1H3/p+1. The summed E-state index contributed by atoms with van der Waals surface area (Å²) in [6.07, 6.45) is 0.283. The zero-order valence-corrected chi connectivity index (χ0v) is 7.86. The predicted molar refractivity (Wildman–Crippen MR) is 42.8 cm³/mol. The second-order valence-corrected chi connectivity index (χ2v) is 5.22. The van der Waals surface area contributed by atoms with Crippen molar-refractivity contribution < 1.29 is 17.5 Å². The quantitative estimate of drug-likeness (QED) is 0.367. The Hall–Kier alpha value is -0.0300. The molecule has 11 heavy (non-hydrogen) atoms. The van der Waals surface area contributed by atoms with Crippen LogP contribution in [-0.2, 0) is 14.7 Å². The molecular formula is C4H11NO4PS+. The minimum absolute atomic E-state index is 0.133. The molecule has 0 aliphatic rings. The first kappa shape index (κ1) is 11.0. The third-order valence-corrected chi connectivity index (χ3v) is 2.26. The van der Waals surface area contributed by atoms with Gasteiger partial charge in [0, 0.05) is 6.54 Å². The molecule has 0 saturated heterocycles. The first-order valence-electron chi connectivity index (χ1n) is 2.96. The SMILES string of the molecule is C[P+](=O)CNCCS(=O)(=O)O. The molecule has 66 valence electrons. The average Bonchev–Trinajstić information content (AvgIpc) is 1.78. The number of hydrogen-bond acceptors (Lipinski definition) is 4. The van der Waals surface area contributed by atoms with Crippen LogP contribution in [0.4, 0.5) is 0 Å². The molecule has 7 heteroatoms. The van der Waals surface area contributed by atoms with Gasteiger partial charge in [0.25, 0.3) is 10.1 Å². The van der Waals surface area contributed by atoms with Crippen LogP contribution in [0.3, 0.4) is 0 Å². The van der Waals surface area contributed by atoms with E-state index in [1.807, 2.05) is 0 Å². The highest BCUT2D eigenvalue weighted by Gasteiger charge is 2.06. The summed E-state index contributed by atoms with van der Waals surface area (Å²) in [5.74, 6) is -0.337. The van der Waals surface area contributed by atoms with E-state index in [2.05, 4.69) is 5.32 Å². The van der Waals surface area contributed by atoms with Gasteiger partial charge in [0.1, 0.15) is 6.66 Å². The molecule has 0 fully saturated rings. The summed E-state index contributed by atoms with van der Waals surface area (Å²) in [4.78, 5) is 0. The molecule has 0 aliphatic heterocycles. The van der Waals surface area contributed by atoms with Gasteiger partial charge in [-0.25, -0.2) is 0 Å². The van der Waals surface area contributed by atoms with Gasteiger partial charge in [0.05, 0.1) is 5.75 Å². The monoisotopic (exact) mass is 200 g/mol. The molecule has 1 unspecified atom stereocenters. The van der Waals surface area contributed by atoms with Crippen molar-refractivity contribution in [2.45, 2.75) is 0 Å². The van der Waals surface area contributed by atoms with Gasteiger partial charge in [0.2, 0.25) is 0 Å². The van der Waals surface area contributed by atoms with Crippen molar-refractivity contribution in [2.24, 2.45) is 0 Å². The van der Waals surface area contributed by atoms with Crippen LogP contribution in [-0.4, -0.2) is 38.2 Å². The molecule has 0 heterocycles. The second kappa shape index (κ2) is 4.77. The molecule has 1 atom stereocenters. The van der Waals surface area contributed by atoms with Crippen LogP contribution in [0.25, 0.3) is 0 Å².